The number of hydrogen-bond donors (Lipinski definition) is 1. The summed E-state index contributed by atoms with van der Waals surface area (Å²) in [7, 11) is 0. The predicted octanol–water partition coefficient (Wildman–Crippen LogP) is 11.2. The first-order chi connectivity index (χ1) is 16.8. The van der Waals surface area contributed by atoms with E-state index >= 15 is 0 Å². The fourth-order valence-electron chi connectivity index (χ4n) is 4.32. The molecule has 0 fully saturated rings. The average Bonchev–Trinajstić information content (AvgIpc) is 2.83. The molecule has 35 heavy (non-hydrogen) atoms. The summed E-state index contributed by atoms with van der Waals surface area (Å²) in [6.07, 6.45) is 0. The van der Waals surface area contributed by atoms with Crippen LogP contribution in [0.3, 0.4) is 0 Å². The maximum absolute atomic E-state index is 4.77. The zero-order valence-electron chi connectivity index (χ0n) is 18.9. The van der Waals surface area contributed by atoms with Gasteiger partial charge in [0.25, 0.3) is 0 Å². The maximum atomic E-state index is 4.77. The number of thiol groups is 1. The van der Waals surface area contributed by atoms with E-state index in [1.165, 1.54) is 27.8 Å². The molecule has 0 N–H and O–H groups in total. The molecule has 4 heteroatoms. The van der Waals surface area contributed by atoms with Gasteiger partial charge in [-0.3, -0.25) is 0 Å². The highest BCUT2D eigenvalue weighted by molar-refractivity contribution is 9.11. The van der Waals surface area contributed by atoms with E-state index in [0.29, 0.717) is 0 Å². The Morgan fingerprint density at radius 3 is 1.29 bits per heavy atom. The van der Waals surface area contributed by atoms with Crippen LogP contribution in [0.4, 0.5) is 0 Å². The lowest BCUT2D eigenvalue weighted by atomic mass is 9.93. The van der Waals surface area contributed by atoms with Gasteiger partial charge < -0.3 is 0 Å². The Morgan fingerprint density at radius 2 is 0.800 bits per heavy atom. The highest BCUT2D eigenvalue weighted by atomic mass is 79.9. The van der Waals surface area contributed by atoms with Gasteiger partial charge >= 0.3 is 0 Å². The fraction of sp³-hybridized carbons (Fsp3) is 0.0323. The van der Waals surface area contributed by atoms with Crippen molar-refractivity contribution in [3.63, 3.8) is 0 Å². The Balaban J connectivity index is 1.60. The quantitative estimate of drug-likeness (QED) is 0.182. The van der Waals surface area contributed by atoms with E-state index in [1.807, 2.05) is 6.07 Å². The van der Waals surface area contributed by atoms with Crippen molar-refractivity contribution in [3.05, 3.63) is 122 Å². The molecular formula is C31H21Br3S. The van der Waals surface area contributed by atoms with Gasteiger partial charge in [0, 0.05) is 18.3 Å². The Kier molecular flexibility index (Phi) is 7.36. The monoisotopic (exact) mass is 662 g/mol. The number of rotatable bonds is 4. The van der Waals surface area contributed by atoms with Crippen molar-refractivity contribution < 1.29 is 0 Å². The summed E-state index contributed by atoms with van der Waals surface area (Å²) < 4.78 is 3.19. The highest BCUT2D eigenvalue weighted by Crippen LogP contribution is 2.36. The molecule has 5 rings (SSSR count). The lowest BCUT2D eigenvalue weighted by Crippen LogP contribution is -1.88. The molecule has 0 radical (unpaired) electrons. The van der Waals surface area contributed by atoms with Crippen LogP contribution in [0.1, 0.15) is 5.56 Å². The lowest BCUT2D eigenvalue weighted by Gasteiger charge is -2.13. The van der Waals surface area contributed by atoms with Crippen LogP contribution >= 0.6 is 60.4 Å². The third kappa shape index (κ3) is 5.83. The smallest absolute Gasteiger partial charge is 0.0187 e. The SMILES string of the molecule is Cc1cc(-c2cccc(Br)c2)cc(-c2cc(S)cc(-c3cc(Br)cc(-c4cccc(Br)c4)c3)c2)c1. The van der Waals surface area contributed by atoms with Gasteiger partial charge in [0.1, 0.15) is 0 Å². The van der Waals surface area contributed by atoms with E-state index in [0.717, 1.165) is 40.6 Å². The second-order valence-corrected chi connectivity index (χ2v) is 11.9. The van der Waals surface area contributed by atoms with Crippen LogP contribution in [-0.4, -0.2) is 0 Å². The van der Waals surface area contributed by atoms with Crippen LogP contribution in [-0.2, 0) is 0 Å². The Labute approximate surface area is 237 Å². The normalized spacial score (nSPS) is 11.0. The van der Waals surface area contributed by atoms with Crippen LogP contribution < -0.4 is 0 Å². The summed E-state index contributed by atoms with van der Waals surface area (Å²) in [5.41, 5.74) is 10.6. The van der Waals surface area contributed by atoms with Crippen molar-refractivity contribution >= 4 is 60.4 Å². The zero-order chi connectivity index (χ0) is 24.5. The van der Waals surface area contributed by atoms with Gasteiger partial charge in [0.15, 0.2) is 0 Å². The number of benzene rings is 5. The zero-order valence-corrected chi connectivity index (χ0v) is 24.5. The molecule has 0 saturated carbocycles. The van der Waals surface area contributed by atoms with Crippen LogP contribution in [0.5, 0.6) is 0 Å². The summed E-state index contributed by atoms with van der Waals surface area (Å²) in [6, 6.07) is 36.6. The van der Waals surface area contributed by atoms with Crippen LogP contribution in [0.25, 0.3) is 44.5 Å². The van der Waals surface area contributed by atoms with Gasteiger partial charge in [-0.2, -0.15) is 0 Å². The molecule has 172 valence electrons. The predicted molar refractivity (Wildman–Crippen MR) is 163 cm³/mol. The van der Waals surface area contributed by atoms with Gasteiger partial charge in [0.05, 0.1) is 0 Å². The van der Waals surface area contributed by atoms with E-state index in [4.69, 9.17) is 12.6 Å². The summed E-state index contributed by atoms with van der Waals surface area (Å²) in [5, 5.41) is 0. The summed E-state index contributed by atoms with van der Waals surface area (Å²) in [5.74, 6) is 0. The van der Waals surface area contributed by atoms with E-state index < -0.39 is 0 Å². The van der Waals surface area contributed by atoms with Crippen LogP contribution in [0.15, 0.2) is 121 Å². The van der Waals surface area contributed by atoms with Crippen molar-refractivity contribution in [2.45, 2.75) is 11.8 Å². The molecule has 0 heterocycles. The van der Waals surface area contributed by atoms with E-state index in [9.17, 15) is 0 Å². The van der Waals surface area contributed by atoms with Gasteiger partial charge in [-0.15, -0.1) is 12.6 Å². The fourth-order valence-corrected chi connectivity index (χ4v) is 5.89. The summed E-state index contributed by atoms with van der Waals surface area (Å²) >= 11 is 15.7. The lowest BCUT2D eigenvalue weighted by molar-refractivity contribution is 1.42. The number of aryl methyl sites for hydroxylation is 1. The van der Waals surface area contributed by atoms with Crippen LogP contribution in [0.2, 0.25) is 0 Å². The maximum Gasteiger partial charge on any atom is 0.0187 e. The molecule has 0 aliphatic carbocycles. The Hall–Kier alpha value is -2.11. The van der Waals surface area contributed by atoms with Gasteiger partial charge in [-0.25, -0.2) is 0 Å². The molecule has 0 bridgehead atoms. The van der Waals surface area contributed by atoms with Gasteiger partial charge in [-0.05, 0) is 124 Å². The standard InChI is InChI=1S/C31H21Br3S/c1-19-8-22(20-4-2-6-28(32)13-20)10-23(9-19)26-12-27(18-31(35)17-26)25-11-24(15-30(34)16-25)21-5-3-7-29(33)14-21/h2-18,35H,1H3. The summed E-state index contributed by atoms with van der Waals surface area (Å²) in [4.78, 5) is 0.937. The van der Waals surface area contributed by atoms with Crippen molar-refractivity contribution in [1.82, 2.24) is 0 Å². The molecule has 0 nitrogen and oxygen atoms in total. The van der Waals surface area contributed by atoms with Gasteiger partial charge in [0.2, 0.25) is 0 Å². The topological polar surface area (TPSA) is 0 Å². The molecule has 0 saturated heterocycles. The number of halogens is 3. The average molecular weight is 665 g/mol. The minimum atomic E-state index is 0.937. The third-order valence-corrected chi connectivity index (χ3v) is 7.58. The van der Waals surface area contributed by atoms with Crippen molar-refractivity contribution in [1.29, 1.82) is 0 Å². The molecule has 0 unspecified atom stereocenters. The molecule has 5 aromatic rings. The first-order valence-corrected chi connectivity index (χ1v) is 14.0. The molecule has 5 aromatic carbocycles. The molecule has 0 atom stereocenters. The minimum absolute atomic E-state index is 0.937. The van der Waals surface area contributed by atoms with Crippen LogP contribution in [0, 0.1) is 6.92 Å². The number of hydrogen-bond acceptors (Lipinski definition) is 1. The molecule has 0 aliphatic heterocycles. The Morgan fingerprint density at radius 1 is 0.429 bits per heavy atom. The van der Waals surface area contributed by atoms with Crippen molar-refractivity contribution in [2.75, 3.05) is 0 Å². The van der Waals surface area contributed by atoms with Crippen molar-refractivity contribution in [3.8, 4) is 44.5 Å². The second-order valence-electron chi connectivity index (χ2n) is 8.61. The van der Waals surface area contributed by atoms with E-state index in [-0.39, 0.29) is 0 Å². The highest BCUT2D eigenvalue weighted by Gasteiger charge is 2.10. The van der Waals surface area contributed by atoms with E-state index in [2.05, 4.69) is 152 Å². The summed E-state index contributed by atoms with van der Waals surface area (Å²) in [6.45, 7) is 2.15. The largest absolute Gasteiger partial charge is 0.143 e. The molecule has 0 amide bonds. The molecule has 0 spiro atoms. The third-order valence-electron chi connectivity index (χ3n) is 5.88. The molecular weight excluding hydrogens is 644 g/mol. The van der Waals surface area contributed by atoms with E-state index in [1.54, 1.807) is 0 Å². The Bertz CT molecular complexity index is 1440. The first-order valence-electron chi connectivity index (χ1n) is 11.1. The van der Waals surface area contributed by atoms with Gasteiger partial charge in [-0.1, -0.05) is 84.2 Å². The minimum Gasteiger partial charge on any atom is -0.143 e. The van der Waals surface area contributed by atoms with Crippen molar-refractivity contribution in [2.24, 2.45) is 0 Å². The molecule has 0 aliphatic rings. The first kappa shape index (κ1) is 24.6. The second kappa shape index (κ2) is 10.5. The molecule has 0 aromatic heterocycles.